The quantitative estimate of drug-likeness (QED) is 0.544. The highest BCUT2D eigenvalue weighted by molar-refractivity contribution is 6.22. The molecule has 1 aliphatic heterocycles. The van der Waals surface area contributed by atoms with Crippen molar-refractivity contribution in [2.45, 2.75) is 6.54 Å². The number of amides is 3. The first-order chi connectivity index (χ1) is 14.0. The zero-order chi connectivity index (χ0) is 20.4. The molecule has 146 valence electrons. The Morgan fingerprint density at radius 1 is 1.00 bits per heavy atom. The molecule has 1 aliphatic rings. The van der Waals surface area contributed by atoms with Crippen molar-refractivity contribution in [1.29, 1.82) is 0 Å². The number of nitrogens with one attached hydrogen (secondary N) is 1. The highest BCUT2D eigenvalue weighted by Crippen LogP contribution is 2.21. The Labute approximate surface area is 163 Å². The first kappa shape index (κ1) is 18.2. The summed E-state index contributed by atoms with van der Waals surface area (Å²) in [6.07, 6.45) is 2.79. The lowest BCUT2D eigenvalue weighted by Gasteiger charge is -2.14. The first-order valence-electron chi connectivity index (χ1n) is 8.69. The van der Waals surface area contributed by atoms with Gasteiger partial charge in [-0.1, -0.05) is 12.1 Å². The Bertz CT molecular complexity index is 1120. The molecule has 3 heterocycles. The fourth-order valence-electron chi connectivity index (χ4n) is 2.93. The van der Waals surface area contributed by atoms with Crippen molar-refractivity contribution in [3.05, 3.63) is 70.5 Å². The molecule has 3 amide bonds. The van der Waals surface area contributed by atoms with E-state index in [9.17, 15) is 19.2 Å². The van der Waals surface area contributed by atoms with Gasteiger partial charge in [0.2, 0.25) is 5.91 Å². The third-order valence-electron chi connectivity index (χ3n) is 4.33. The molecule has 0 aliphatic carbocycles. The number of carbonyl (C=O) groups excluding carboxylic acids is 3. The van der Waals surface area contributed by atoms with Gasteiger partial charge < -0.3 is 5.32 Å². The zero-order valence-corrected chi connectivity index (χ0v) is 15.1. The van der Waals surface area contributed by atoms with Crippen LogP contribution in [0.1, 0.15) is 20.7 Å². The zero-order valence-electron chi connectivity index (χ0n) is 15.1. The molecule has 3 aromatic rings. The van der Waals surface area contributed by atoms with Crippen LogP contribution in [0.15, 0.2) is 53.8 Å². The molecule has 11 nitrogen and oxygen atoms in total. The number of nitrogens with zero attached hydrogens (tertiary/aromatic N) is 6. The predicted octanol–water partition coefficient (Wildman–Crippen LogP) is -0.764. The van der Waals surface area contributed by atoms with Gasteiger partial charge in [0.05, 0.1) is 17.7 Å². The van der Waals surface area contributed by atoms with E-state index in [-0.39, 0.29) is 29.8 Å². The molecule has 0 radical (unpaired) electrons. The van der Waals surface area contributed by atoms with Crippen molar-refractivity contribution in [2.75, 3.05) is 13.1 Å². The predicted molar refractivity (Wildman–Crippen MR) is 98.2 cm³/mol. The molecule has 0 unspecified atom stereocenters. The molecule has 1 aromatic carbocycles. The molecule has 11 heteroatoms. The minimum Gasteiger partial charge on any atom is -0.353 e. The van der Waals surface area contributed by atoms with Crippen molar-refractivity contribution < 1.29 is 14.4 Å². The number of imide groups is 1. The molecule has 2 aromatic heterocycles. The summed E-state index contributed by atoms with van der Waals surface area (Å²) < 4.78 is 2.58. The third kappa shape index (κ3) is 3.52. The van der Waals surface area contributed by atoms with E-state index in [1.807, 2.05) is 0 Å². The first-order valence-corrected chi connectivity index (χ1v) is 8.69. The Morgan fingerprint density at radius 2 is 1.72 bits per heavy atom. The van der Waals surface area contributed by atoms with E-state index in [0.717, 1.165) is 4.90 Å². The van der Waals surface area contributed by atoms with Gasteiger partial charge in [0.1, 0.15) is 19.2 Å². The highest BCUT2D eigenvalue weighted by Gasteiger charge is 2.36. The van der Waals surface area contributed by atoms with Gasteiger partial charge in [-0.25, -0.2) is 14.3 Å². The van der Waals surface area contributed by atoms with Crippen LogP contribution in [-0.4, -0.2) is 60.3 Å². The van der Waals surface area contributed by atoms with E-state index in [1.165, 1.54) is 34.2 Å². The van der Waals surface area contributed by atoms with Gasteiger partial charge in [-0.05, 0) is 18.2 Å². The topological polar surface area (TPSA) is 132 Å². The Balaban J connectivity index is 1.36. The van der Waals surface area contributed by atoms with Crippen LogP contribution in [-0.2, 0) is 11.3 Å². The van der Waals surface area contributed by atoms with Crippen LogP contribution in [0.4, 0.5) is 0 Å². The van der Waals surface area contributed by atoms with E-state index in [4.69, 9.17) is 0 Å². The van der Waals surface area contributed by atoms with Crippen LogP contribution < -0.4 is 10.9 Å². The molecule has 0 saturated heterocycles. The number of benzene rings is 1. The number of hydrogen-bond acceptors (Lipinski definition) is 7. The summed E-state index contributed by atoms with van der Waals surface area (Å²) >= 11 is 0. The summed E-state index contributed by atoms with van der Waals surface area (Å²) in [7, 11) is 0. The van der Waals surface area contributed by atoms with E-state index in [1.54, 1.807) is 24.3 Å². The van der Waals surface area contributed by atoms with E-state index < -0.39 is 24.3 Å². The van der Waals surface area contributed by atoms with Gasteiger partial charge in [0.15, 0.2) is 5.82 Å². The maximum Gasteiger partial charge on any atom is 0.266 e. The van der Waals surface area contributed by atoms with Crippen molar-refractivity contribution in [3.8, 4) is 5.82 Å². The third-order valence-corrected chi connectivity index (χ3v) is 4.33. The largest absolute Gasteiger partial charge is 0.353 e. The SMILES string of the molecule is O=C(CN1C(=O)c2ccccc2C1=O)NCCn1nc(-n2cncn2)ccc1=O. The number of aromatic nitrogens is 5. The van der Waals surface area contributed by atoms with Gasteiger partial charge in [0, 0.05) is 12.6 Å². The molecular formula is C18H15N7O4. The molecule has 0 saturated carbocycles. The summed E-state index contributed by atoms with van der Waals surface area (Å²) in [5.41, 5.74) is 0.223. The molecule has 0 bridgehead atoms. The van der Waals surface area contributed by atoms with Crippen LogP contribution in [0, 0.1) is 0 Å². The Kier molecular flexibility index (Phi) is 4.69. The summed E-state index contributed by atoms with van der Waals surface area (Å²) in [5.74, 6) is -1.11. The fraction of sp³-hybridized carbons (Fsp3) is 0.167. The Hall–Kier alpha value is -4.15. The lowest BCUT2D eigenvalue weighted by atomic mass is 10.1. The average molecular weight is 393 g/mol. The van der Waals surface area contributed by atoms with Crippen LogP contribution in [0.3, 0.4) is 0 Å². The van der Waals surface area contributed by atoms with E-state index in [0.29, 0.717) is 5.82 Å². The molecule has 0 atom stereocenters. The van der Waals surface area contributed by atoms with Crippen LogP contribution >= 0.6 is 0 Å². The fourth-order valence-corrected chi connectivity index (χ4v) is 2.93. The number of hydrogen-bond donors (Lipinski definition) is 1. The second-order valence-corrected chi connectivity index (χ2v) is 6.18. The minimum absolute atomic E-state index is 0.0930. The van der Waals surface area contributed by atoms with Gasteiger partial charge >= 0.3 is 0 Å². The standard InChI is InChI=1S/C18H15N7O4/c26-15(9-23-17(28)12-3-1-2-4-13(12)18(23)29)20-7-8-24-16(27)6-5-14(22-24)25-11-19-10-21-25/h1-6,10-11H,7-9H2,(H,20,26). The summed E-state index contributed by atoms with van der Waals surface area (Å²) in [6, 6.07) is 9.26. The second-order valence-electron chi connectivity index (χ2n) is 6.18. The number of carbonyl (C=O) groups is 3. The maximum absolute atomic E-state index is 12.3. The van der Waals surface area contributed by atoms with Crippen molar-refractivity contribution in [2.24, 2.45) is 0 Å². The van der Waals surface area contributed by atoms with Gasteiger partial charge in [-0.15, -0.1) is 5.10 Å². The Morgan fingerprint density at radius 3 is 2.38 bits per heavy atom. The molecule has 29 heavy (non-hydrogen) atoms. The van der Waals surface area contributed by atoms with Gasteiger partial charge in [-0.2, -0.15) is 5.10 Å². The van der Waals surface area contributed by atoms with E-state index in [2.05, 4.69) is 20.5 Å². The van der Waals surface area contributed by atoms with E-state index >= 15 is 0 Å². The highest BCUT2D eigenvalue weighted by atomic mass is 16.2. The van der Waals surface area contributed by atoms with Crippen molar-refractivity contribution in [1.82, 2.24) is 34.8 Å². The van der Waals surface area contributed by atoms with Crippen LogP contribution in [0.25, 0.3) is 5.82 Å². The van der Waals surface area contributed by atoms with Crippen molar-refractivity contribution in [3.63, 3.8) is 0 Å². The summed E-state index contributed by atoms with van der Waals surface area (Å²) in [4.78, 5) is 53.4. The van der Waals surface area contributed by atoms with Gasteiger partial charge in [0.25, 0.3) is 17.4 Å². The lowest BCUT2D eigenvalue weighted by molar-refractivity contribution is -0.121. The summed E-state index contributed by atoms with van der Waals surface area (Å²) in [6.45, 7) is -0.196. The van der Waals surface area contributed by atoms with Crippen molar-refractivity contribution >= 4 is 17.7 Å². The summed E-state index contributed by atoms with van der Waals surface area (Å²) in [5, 5.41) is 10.7. The number of rotatable bonds is 6. The smallest absolute Gasteiger partial charge is 0.266 e. The average Bonchev–Trinajstić information content (AvgIpc) is 3.34. The maximum atomic E-state index is 12.3. The molecule has 4 rings (SSSR count). The van der Waals surface area contributed by atoms with Crippen LogP contribution in [0.2, 0.25) is 0 Å². The molecule has 0 spiro atoms. The number of fused-ring (bicyclic) bond motifs is 1. The molecule has 0 fully saturated rings. The van der Waals surface area contributed by atoms with Gasteiger partial charge in [-0.3, -0.25) is 24.1 Å². The monoisotopic (exact) mass is 393 g/mol. The molecule has 1 N–H and O–H groups in total. The molecular weight excluding hydrogens is 378 g/mol. The normalized spacial score (nSPS) is 12.9. The van der Waals surface area contributed by atoms with Crippen LogP contribution in [0.5, 0.6) is 0 Å². The second kappa shape index (κ2) is 7.46. The lowest BCUT2D eigenvalue weighted by Crippen LogP contribution is -2.41. The minimum atomic E-state index is -0.514.